The molecule has 1 heterocycles. The Kier molecular flexibility index (Phi) is 5.24. The molecule has 21 heavy (non-hydrogen) atoms. The van der Waals surface area contributed by atoms with E-state index in [4.69, 9.17) is 11.6 Å². The molecule has 0 radical (unpaired) electrons. The highest BCUT2D eigenvalue weighted by molar-refractivity contribution is 7.91. The van der Waals surface area contributed by atoms with Crippen LogP contribution >= 0.6 is 11.6 Å². The standard InChI is InChI=1S/C14H19ClN2O3S/c1-11-2-3-12(10-13(11)15)16-14(18)4-5-17-6-8-21(19,20)9-7-17/h2-3,10H,4-9H2,1H3,(H,16,18). The number of halogens is 1. The van der Waals surface area contributed by atoms with Gasteiger partial charge in [-0.05, 0) is 24.6 Å². The molecule has 2 rings (SSSR count). The van der Waals surface area contributed by atoms with Crippen LogP contribution in [-0.2, 0) is 14.6 Å². The lowest BCUT2D eigenvalue weighted by Gasteiger charge is -2.26. The number of carbonyl (C=O) groups is 1. The molecule has 0 spiro atoms. The summed E-state index contributed by atoms with van der Waals surface area (Å²) in [6.07, 6.45) is 0.339. The Morgan fingerprint density at radius 2 is 2.00 bits per heavy atom. The van der Waals surface area contributed by atoms with Gasteiger partial charge in [-0.2, -0.15) is 0 Å². The van der Waals surface area contributed by atoms with Gasteiger partial charge < -0.3 is 10.2 Å². The Morgan fingerprint density at radius 3 is 2.62 bits per heavy atom. The summed E-state index contributed by atoms with van der Waals surface area (Å²) < 4.78 is 22.6. The number of nitrogens with zero attached hydrogens (tertiary/aromatic N) is 1. The van der Waals surface area contributed by atoms with E-state index in [1.807, 2.05) is 24.0 Å². The average molecular weight is 331 g/mol. The number of benzene rings is 1. The maximum Gasteiger partial charge on any atom is 0.225 e. The van der Waals surface area contributed by atoms with E-state index >= 15 is 0 Å². The van der Waals surface area contributed by atoms with Gasteiger partial charge in [0.25, 0.3) is 0 Å². The first-order valence-corrected chi connectivity index (χ1v) is 9.04. The van der Waals surface area contributed by atoms with Gasteiger partial charge >= 0.3 is 0 Å². The third-order valence-corrected chi connectivity index (χ3v) is 5.56. The van der Waals surface area contributed by atoms with Crippen LogP contribution in [-0.4, -0.2) is 50.4 Å². The largest absolute Gasteiger partial charge is 0.326 e. The van der Waals surface area contributed by atoms with Crippen LogP contribution in [0.15, 0.2) is 18.2 Å². The van der Waals surface area contributed by atoms with Gasteiger partial charge in [-0.3, -0.25) is 4.79 Å². The molecule has 5 nitrogen and oxygen atoms in total. The lowest BCUT2D eigenvalue weighted by molar-refractivity contribution is -0.116. The van der Waals surface area contributed by atoms with E-state index in [0.29, 0.717) is 36.8 Å². The molecule has 1 saturated heterocycles. The summed E-state index contributed by atoms with van der Waals surface area (Å²) in [5, 5.41) is 3.42. The molecule has 0 saturated carbocycles. The Hall–Kier alpha value is -1.11. The first kappa shape index (κ1) is 16.3. The van der Waals surface area contributed by atoms with Crippen molar-refractivity contribution in [1.29, 1.82) is 0 Å². The fraction of sp³-hybridized carbons (Fsp3) is 0.500. The second-order valence-corrected chi connectivity index (χ2v) is 7.97. The van der Waals surface area contributed by atoms with Crippen LogP contribution in [0.1, 0.15) is 12.0 Å². The monoisotopic (exact) mass is 330 g/mol. The Labute approximate surface area is 130 Å². The van der Waals surface area contributed by atoms with Crippen LogP contribution in [0.4, 0.5) is 5.69 Å². The quantitative estimate of drug-likeness (QED) is 0.912. The van der Waals surface area contributed by atoms with Crippen molar-refractivity contribution in [2.75, 3.05) is 36.5 Å². The van der Waals surface area contributed by atoms with Gasteiger partial charge in [-0.25, -0.2) is 8.42 Å². The van der Waals surface area contributed by atoms with Gasteiger partial charge in [0, 0.05) is 36.8 Å². The zero-order valence-electron chi connectivity index (χ0n) is 11.9. The van der Waals surface area contributed by atoms with E-state index in [-0.39, 0.29) is 17.4 Å². The van der Waals surface area contributed by atoms with Gasteiger partial charge in [-0.15, -0.1) is 0 Å². The van der Waals surface area contributed by atoms with Crippen molar-refractivity contribution < 1.29 is 13.2 Å². The van der Waals surface area contributed by atoms with Crippen molar-refractivity contribution in [3.8, 4) is 0 Å². The Bertz CT molecular complexity index is 617. The molecule has 1 aliphatic rings. The number of nitrogens with one attached hydrogen (secondary N) is 1. The van der Waals surface area contributed by atoms with Crippen LogP contribution < -0.4 is 5.32 Å². The summed E-state index contributed by atoms with van der Waals surface area (Å²) in [5.74, 6) is 0.271. The SMILES string of the molecule is Cc1ccc(NC(=O)CCN2CCS(=O)(=O)CC2)cc1Cl. The van der Waals surface area contributed by atoms with Gasteiger partial charge in [0.05, 0.1) is 11.5 Å². The van der Waals surface area contributed by atoms with Crippen LogP contribution in [0.5, 0.6) is 0 Å². The minimum absolute atomic E-state index is 0.0941. The number of hydrogen-bond acceptors (Lipinski definition) is 4. The molecular weight excluding hydrogens is 312 g/mol. The Morgan fingerprint density at radius 1 is 1.33 bits per heavy atom. The van der Waals surface area contributed by atoms with E-state index in [1.165, 1.54) is 0 Å². The number of hydrogen-bond donors (Lipinski definition) is 1. The van der Waals surface area contributed by atoms with Crippen molar-refractivity contribution in [1.82, 2.24) is 4.90 Å². The van der Waals surface area contributed by atoms with E-state index in [0.717, 1.165) is 5.56 Å². The molecule has 0 aliphatic carbocycles. The first-order chi connectivity index (χ1) is 9.85. The summed E-state index contributed by atoms with van der Waals surface area (Å²) in [7, 11) is -2.87. The topological polar surface area (TPSA) is 66.5 Å². The third kappa shape index (κ3) is 4.98. The van der Waals surface area contributed by atoms with E-state index in [2.05, 4.69) is 5.32 Å². The second kappa shape index (κ2) is 6.77. The molecular formula is C14H19ClN2O3S. The highest BCUT2D eigenvalue weighted by atomic mass is 35.5. The molecule has 1 fully saturated rings. The number of aryl methyl sites for hydroxylation is 1. The summed E-state index contributed by atoms with van der Waals surface area (Å²) >= 11 is 6.01. The first-order valence-electron chi connectivity index (χ1n) is 6.84. The van der Waals surface area contributed by atoms with Crippen LogP contribution in [0.3, 0.4) is 0 Å². The van der Waals surface area contributed by atoms with Gasteiger partial charge in [0.15, 0.2) is 9.84 Å². The van der Waals surface area contributed by atoms with Crippen LogP contribution in [0, 0.1) is 6.92 Å². The highest BCUT2D eigenvalue weighted by Gasteiger charge is 2.21. The fourth-order valence-electron chi connectivity index (χ4n) is 2.13. The molecule has 0 unspecified atom stereocenters. The number of amides is 1. The number of sulfone groups is 1. The zero-order chi connectivity index (χ0) is 15.5. The number of anilines is 1. The predicted molar refractivity (Wildman–Crippen MR) is 84.5 cm³/mol. The predicted octanol–water partition coefficient (Wildman–Crippen LogP) is 1.71. The zero-order valence-corrected chi connectivity index (χ0v) is 13.5. The summed E-state index contributed by atoms with van der Waals surface area (Å²) in [6, 6.07) is 5.39. The van der Waals surface area contributed by atoms with Gasteiger partial charge in [-0.1, -0.05) is 17.7 Å². The lowest BCUT2D eigenvalue weighted by Crippen LogP contribution is -2.41. The number of rotatable bonds is 4. The lowest BCUT2D eigenvalue weighted by atomic mass is 10.2. The fourth-order valence-corrected chi connectivity index (χ4v) is 3.59. The Balaban J connectivity index is 1.78. The molecule has 0 bridgehead atoms. The van der Waals surface area contributed by atoms with Gasteiger partial charge in [0.2, 0.25) is 5.91 Å². The maximum absolute atomic E-state index is 11.9. The maximum atomic E-state index is 11.9. The molecule has 1 amide bonds. The molecule has 116 valence electrons. The minimum atomic E-state index is -2.87. The molecule has 1 N–H and O–H groups in total. The van der Waals surface area contributed by atoms with Crippen molar-refractivity contribution >= 4 is 33.0 Å². The smallest absolute Gasteiger partial charge is 0.225 e. The normalized spacial score (nSPS) is 18.4. The minimum Gasteiger partial charge on any atom is -0.326 e. The van der Waals surface area contributed by atoms with Crippen molar-refractivity contribution in [2.24, 2.45) is 0 Å². The molecule has 0 atom stereocenters. The summed E-state index contributed by atoms with van der Waals surface area (Å²) in [6.45, 7) is 3.48. The highest BCUT2D eigenvalue weighted by Crippen LogP contribution is 2.20. The second-order valence-electron chi connectivity index (χ2n) is 5.26. The summed E-state index contributed by atoms with van der Waals surface area (Å²) in [4.78, 5) is 13.9. The van der Waals surface area contributed by atoms with Crippen molar-refractivity contribution in [3.63, 3.8) is 0 Å². The van der Waals surface area contributed by atoms with E-state index in [9.17, 15) is 13.2 Å². The number of carbonyl (C=O) groups excluding carboxylic acids is 1. The van der Waals surface area contributed by atoms with E-state index in [1.54, 1.807) is 6.07 Å². The average Bonchev–Trinajstić information content (AvgIpc) is 2.42. The summed E-state index contributed by atoms with van der Waals surface area (Å²) in [5.41, 5.74) is 1.64. The molecule has 1 aromatic carbocycles. The van der Waals surface area contributed by atoms with Crippen LogP contribution in [0.25, 0.3) is 0 Å². The van der Waals surface area contributed by atoms with Crippen molar-refractivity contribution in [2.45, 2.75) is 13.3 Å². The van der Waals surface area contributed by atoms with Crippen LogP contribution in [0.2, 0.25) is 5.02 Å². The third-order valence-electron chi connectivity index (χ3n) is 3.55. The van der Waals surface area contributed by atoms with E-state index < -0.39 is 9.84 Å². The van der Waals surface area contributed by atoms with Crippen molar-refractivity contribution in [3.05, 3.63) is 28.8 Å². The molecule has 0 aromatic heterocycles. The molecule has 7 heteroatoms. The van der Waals surface area contributed by atoms with Gasteiger partial charge in [0.1, 0.15) is 0 Å². The molecule has 1 aliphatic heterocycles. The molecule has 1 aromatic rings.